The number of benzene rings is 8. The molecule has 142 heavy (non-hydrogen) atoms. The van der Waals surface area contributed by atoms with Crippen LogP contribution in [0.25, 0.3) is 43.6 Å². The first-order chi connectivity index (χ1) is 66.4. The molecule has 0 spiro atoms. The lowest BCUT2D eigenvalue weighted by Gasteiger charge is -2.37. The summed E-state index contributed by atoms with van der Waals surface area (Å²) < 4.78 is 63.9. The normalized spacial score (nSPS) is 13.4. The Balaban J connectivity index is 0.000000194. The average Bonchev–Trinajstić information content (AvgIpc) is 0.795. The lowest BCUT2D eigenvalue weighted by atomic mass is 10.0. The van der Waals surface area contributed by atoms with Gasteiger partial charge in [-0.15, -0.1) is 0 Å². The van der Waals surface area contributed by atoms with E-state index in [1.807, 2.05) is 69.0 Å². The minimum absolute atomic E-state index is 0. The molecule has 30 nitrogen and oxygen atoms in total. The Labute approximate surface area is 841 Å². The van der Waals surface area contributed by atoms with Gasteiger partial charge < -0.3 is 85.6 Å². The molecule has 0 radical (unpaired) electrons. The molecule has 0 atom stereocenters. The number of esters is 4. The van der Waals surface area contributed by atoms with Crippen LogP contribution < -0.4 is 46.6 Å². The molecule has 5 aromatic heterocycles. The number of furan rings is 1. The van der Waals surface area contributed by atoms with Crippen LogP contribution in [0.1, 0.15) is 152 Å². The number of carbonyl (C=O) groups is 8. The quantitative estimate of drug-likeness (QED) is 0.0536. The molecule has 9 heterocycles. The Hall–Kier alpha value is -14.3. The van der Waals surface area contributed by atoms with E-state index in [9.17, 15) is 66.3 Å². The van der Waals surface area contributed by atoms with E-state index in [1.165, 1.54) is 60.9 Å². The molecule has 750 valence electrons. The summed E-state index contributed by atoms with van der Waals surface area (Å²) in [4.78, 5) is 171. The van der Waals surface area contributed by atoms with Crippen molar-refractivity contribution in [3.63, 3.8) is 0 Å². The van der Waals surface area contributed by atoms with E-state index in [-0.39, 0.29) is 120 Å². The molecule has 0 bridgehead atoms. The highest BCUT2D eigenvalue weighted by Gasteiger charge is 2.37. The van der Waals surface area contributed by atoms with Gasteiger partial charge in [0.1, 0.15) is 39.6 Å². The fourth-order valence-electron chi connectivity index (χ4n) is 17.4. The molecular formula is C106H116Cl4F2N12O18. The van der Waals surface area contributed by atoms with Gasteiger partial charge in [-0.2, -0.15) is 0 Å². The molecule has 0 saturated carbocycles. The van der Waals surface area contributed by atoms with Gasteiger partial charge >= 0.3 is 23.9 Å². The molecular weight excluding hydrogens is 1910 g/mol. The zero-order chi connectivity index (χ0) is 98.6. The second-order valence-electron chi connectivity index (χ2n) is 32.7. The van der Waals surface area contributed by atoms with Gasteiger partial charge in [-0.3, -0.25) is 38.4 Å². The van der Waals surface area contributed by atoms with Crippen LogP contribution in [0.2, 0.25) is 20.1 Å². The molecule has 8 aromatic carbocycles. The molecule has 4 amide bonds. The number of rotatable bonds is 19. The van der Waals surface area contributed by atoms with Crippen molar-refractivity contribution in [3.05, 3.63) is 317 Å². The maximum absolute atomic E-state index is 14.0. The lowest BCUT2D eigenvalue weighted by molar-refractivity contribution is 0.0514. The number of methoxy groups -OCH3 is 1. The van der Waals surface area contributed by atoms with Gasteiger partial charge in [-0.25, -0.2) is 28.0 Å². The number of carbonyl (C=O) groups excluding carboxylic acids is 8. The number of para-hydroxylation sites is 1. The Morgan fingerprint density at radius 1 is 0.352 bits per heavy atom. The van der Waals surface area contributed by atoms with Gasteiger partial charge in [-0.1, -0.05) is 118 Å². The van der Waals surface area contributed by atoms with Gasteiger partial charge in [0.2, 0.25) is 0 Å². The summed E-state index contributed by atoms with van der Waals surface area (Å²) in [6, 6.07) is 49.9. The fourth-order valence-corrected chi connectivity index (χ4v) is 18.1. The number of aromatic nitrogens is 4. The molecule has 13 aromatic rings. The molecule has 0 aliphatic carbocycles. The number of aryl methyl sites for hydroxylation is 4. The second-order valence-corrected chi connectivity index (χ2v) is 34.4. The van der Waals surface area contributed by atoms with Crippen LogP contribution in [0.15, 0.2) is 212 Å². The van der Waals surface area contributed by atoms with Crippen molar-refractivity contribution in [1.29, 1.82) is 0 Å². The van der Waals surface area contributed by atoms with E-state index < -0.39 is 51.9 Å². The number of piperazine rings is 4. The topological polar surface area (TPSA) is 310 Å². The molecule has 4 aliphatic rings. The van der Waals surface area contributed by atoms with Gasteiger partial charge in [-0.05, 0) is 186 Å². The highest BCUT2D eigenvalue weighted by atomic mass is 35.5. The van der Waals surface area contributed by atoms with Crippen LogP contribution in [-0.4, -0.2) is 224 Å². The zero-order valence-electron chi connectivity index (χ0n) is 77.2. The number of fused-ring (bicyclic) bond motifs is 4. The van der Waals surface area contributed by atoms with Crippen LogP contribution in [0.3, 0.4) is 0 Å². The van der Waals surface area contributed by atoms with E-state index in [0.717, 1.165) is 21.9 Å². The van der Waals surface area contributed by atoms with Gasteiger partial charge in [0.15, 0.2) is 5.76 Å². The number of ether oxygens (including phenoxy) is 5. The van der Waals surface area contributed by atoms with Gasteiger partial charge in [0, 0.05) is 174 Å². The van der Waals surface area contributed by atoms with Gasteiger partial charge in [0.05, 0.1) is 101 Å². The van der Waals surface area contributed by atoms with Crippen LogP contribution in [0.4, 0.5) is 31.5 Å². The maximum Gasteiger partial charge on any atom is 0.345 e. The molecule has 0 N–H and O–H groups in total. The number of nitrogens with zero attached hydrogens (tertiary/aromatic N) is 12. The van der Waals surface area contributed by atoms with Crippen molar-refractivity contribution in [3.8, 4) is 5.75 Å². The Morgan fingerprint density at radius 3 is 1.10 bits per heavy atom. The van der Waals surface area contributed by atoms with E-state index in [0.29, 0.717) is 203 Å². The molecule has 17 rings (SSSR count). The highest BCUT2D eigenvalue weighted by Crippen LogP contribution is 2.38. The van der Waals surface area contributed by atoms with E-state index >= 15 is 0 Å². The van der Waals surface area contributed by atoms with Gasteiger partial charge in [0.25, 0.3) is 45.9 Å². The summed E-state index contributed by atoms with van der Waals surface area (Å²) in [5, 5.41) is 4.52. The van der Waals surface area contributed by atoms with Crippen LogP contribution >= 0.6 is 46.4 Å². The predicted molar refractivity (Wildman–Crippen MR) is 554 cm³/mol. The highest BCUT2D eigenvalue weighted by molar-refractivity contribution is 6.42. The first kappa shape index (κ1) is 110. The number of anilines is 4. The summed E-state index contributed by atoms with van der Waals surface area (Å²) in [5.74, 6) is -3.16. The third-order valence-electron chi connectivity index (χ3n) is 24.4. The molecule has 4 saturated heterocycles. The van der Waals surface area contributed by atoms with Crippen molar-refractivity contribution in [1.82, 2.24) is 37.9 Å². The first-order valence-electron chi connectivity index (χ1n) is 44.8. The van der Waals surface area contributed by atoms with E-state index in [4.69, 9.17) is 74.5 Å². The lowest BCUT2D eigenvalue weighted by Crippen LogP contribution is -2.49. The Morgan fingerprint density at radius 2 is 0.697 bits per heavy atom. The third-order valence-corrected chi connectivity index (χ3v) is 25.6. The minimum atomic E-state index is -0.737. The first-order valence-corrected chi connectivity index (χ1v) is 46.3. The number of amides is 4. The summed E-state index contributed by atoms with van der Waals surface area (Å²) in [6.07, 6.45) is 1.46. The Bertz CT molecular complexity index is 7090. The average molecular weight is 2030 g/mol. The van der Waals surface area contributed by atoms with Crippen molar-refractivity contribution >= 4 is 160 Å². The van der Waals surface area contributed by atoms with Crippen molar-refractivity contribution in [2.75, 3.05) is 158 Å². The standard InChI is InChI=1S/C31H29ClFN3O5.C25H25Cl2N3O4.C24H24FN3O4.C22H22ClN3O5.4CH4/c1-3-41-31(39)27-28(34-14-16-35(17-15-34)29(37)21-6-11-24(40-2)12-7-21)25-18-22(32)8-13-26(25)36(30(27)38)19-20-4-9-23(33)10-5-20;1-4-34-25(33)21-22(17-13-15(2)5-8-20(17)28(3)24(21)32)29-9-11-30(12-10-29)23(31)16-6-7-18(26)19(27)14-16;1-3-32-24(31)20-21(18-6-4-5-7-19(18)26(2)23(20)30)27-12-14-28(15-13-27)22(29)16-8-10-17(25)11-9-16;1-3-30-22(29)18-19(15-13-14(23)6-7-16(15)24(2)21(18)28)25-8-10-26(11-9-25)20(27)17-5-4-12-31-17;;;;/h4-13,18H,3,14-17,19H2,1-2H3;5-8,13-14H,4,9-12H2,1-3H3;4-11H,3,12-15H2,1-2H3;4-7,12-13H,3,8-11H2,1-2H3;4*1H4. The summed E-state index contributed by atoms with van der Waals surface area (Å²) in [6.45, 7) is 16.1. The smallest absolute Gasteiger partial charge is 0.345 e. The van der Waals surface area contributed by atoms with E-state index in [2.05, 4.69) is 0 Å². The number of hydrogen-bond donors (Lipinski definition) is 0. The predicted octanol–water partition coefficient (Wildman–Crippen LogP) is 17.6. The number of pyridine rings is 4. The second kappa shape index (κ2) is 48.7. The molecule has 0 unspecified atom stereocenters. The number of halogens is 6. The van der Waals surface area contributed by atoms with E-state index in [1.54, 1.807) is 179 Å². The largest absolute Gasteiger partial charge is 0.497 e. The third kappa shape index (κ3) is 23.6. The maximum atomic E-state index is 14.0. The molecule has 4 aliphatic heterocycles. The minimum Gasteiger partial charge on any atom is -0.497 e. The van der Waals surface area contributed by atoms with Crippen LogP contribution in [0, 0.1) is 18.6 Å². The zero-order valence-corrected chi connectivity index (χ0v) is 80.3. The summed E-state index contributed by atoms with van der Waals surface area (Å²) in [5.41, 5.74) is 5.96. The van der Waals surface area contributed by atoms with Crippen molar-refractivity contribution in [2.45, 2.75) is 70.9 Å². The fraction of sp³-hybridized carbons (Fsp3) is 0.321. The summed E-state index contributed by atoms with van der Waals surface area (Å²) >= 11 is 24.7. The van der Waals surface area contributed by atoms with Crippen molar-refractivity contribution in [2.24, 2.45) is 21.1 Å². The van der Waals surface area contributed by atoms with Crippen LogP contribution in [0.5, 0.6) is 5.75 Å². The monoisotopic (exact) mass is 2020 g/mol. The van der Waals surface area contributed by atoms with Crippen LogP contribution in [-0.2, 0) is 46.6 Å². The summed E-state index contributed by atoms with van der Waals surface area (Å²) in [7, 11) is 6.47. The molecule has 36 heteroatoms. The number of hydrogen-bond acceptors (Lipinski definition) is 22. The Kier molecular flexibility index (Phi) is 37.6. The SMILES string of the molecule is C.C.C.C.CCOC(=O)c1c(N2CCN(C(=O)c3ccc(Cl)c(Cl)c3)CC2)c2cc(C)ccc2n(C)c1=O.CCOC(=O)c1c(N2CCN(C(=O)c3ccc(F)cc3)CC2)c2ccccc2n(C)c1=O.CCOC(=O)c1c(N2CCN(C(=O)c3ccc(OC)cc3)CC2)c2cc(Cl)ccc2n(Cc2ccc(F)cc2)c1=O.CCOC(=O)c1c(N2CCN(C(=O)c3ccco3)CC2)c2cc(Cl)ccc2n(C)c1=O. The van der Waals surface area contributed by atoms with Crippen molar-refractivity contribution < 1.29 is 75.2 Å². The molecule has 4 fully saturated rings.